The van der Waals surface area contributed by atoms with Crippen LogP contribution in [0.25, 0.3) is 0 Å². The maximum Gasteiger partial charge on any atom is 0.319 e. The Morgan fingerprint density at radius 3 is 2.29 bits per heavy atom. The van der Waals surface area contributed by atoms with Crippen LogP contribution in [0.1, 0.15) is 54.9 Å². The summed E-state index contributed by atoms with van der Waals surface area (Å²) >= 11 is 0. The van der Waals surface area contributed by atoms with E-state index in [0.29, 0.717) is 41.6 Å². The van der Waals surface area contributed by atoms with E-state index in [1.807, 2.05) is 18.2 Å². The van der Waals surface area contributed by atoms with E-state index in [0.717, 1.165) is 56.5 Å². The van der Waals surface area contributed by atoms with Crippen molar-refractivity contribution in [1.29, 1.82) is 0 Å². The van der Waals surface area contributed by atoms with Crippen molar-refractivity contribution in [2.24, 2.45) is 0 Å². The summed E-state index contributed by atoms with van der Waals surface area (Å²) in [6, 6.07) is 19.6. The van der Waals surface area contributed by atoms with E-state index in [2.05, 4.69) is 28.2 Å². The summed E-state index contributed by atoms with van der Waals surface area (Å²) in [6.45, 7) is 5.01. The predicted molar refractivity (Wildman–Crippen MR) is 161 cm³/mol. The number of nitrogens with one attached hydrogen (secondary N) is 4. The van der Waals surface area contributed by atoms with E-state index in [1.54, 1.807) is 55.6 Å². The smallest absolute Gasteiger partial charge is 0.319 e. The first-order chi connectivity index (χ1) is 20.0. The molecule has 3 aromatic rings. The summed E-state index contributed by atoms with van der Waals surface area (Å²) in [5.74, 6) is 1.79. The van der Waals surface area contributed by atoms with E-state index >= 15 is 0 Å². The highest BCUT2D eigenvalue weighted by Gasteiger charge is 2.15. The third-order valence-electron chi connectivity index (χ3n) is 6.73. The summed E-state index contributed by atoms with van der Waals surface area (Å²) in [5, 5.41) is 12.0. The van der Waals surface area contributed by atoms with E-state index in [-0.39, 0.29) is 18.0 Å². The predicted octanol–water partition coefficient (Wildman–Crippen LogP) is 6.32. The van der Waals surface area contributed by atoms with Crippen molar-refractivity contribution in [3.05, 3.63) is 77.9 Å². The zero-order valence-corrected chi connectivity index (χ0v) is 23.8. The number of carbonyl (C=O) groups is 2. The fourth-order valence-corrected chi connectivity index (χ4v) is 4.50. The van der Waals surface area contributed by atoms with Gasteiger partial charge in [0.15, 0.2) is 0 Å². The van der Waals surface area contributed by atoms with Crippen molar-refractivity contribution in [1.82, 2.24) is 10.6 Å². The number of anilines is 2. The minimum atomic E-state index is -0.239. The molecule has 4 rings (SSSR count). The van der Waals surface area contributed by atoms with Gasteiger partial charge in [-0.3, -0.25) is 4.79 Å². The van der Waals surface area contributed by atoms with Crippen LogP contribution in [-0.4, -0.2) is 44.8 Å². The molecule has 0 radical (unpaired) electrons. The monoisotopic (exact) mass is 560 g/mol. The highest BCUT2D eigenvalue weighted by Crippen LogP contribution is 2.29. The molecule has 1 aliphatic heterocycles. The lowest BCUT2D eigenvalue weighted by Gasteiger charge is -2.23. The topological polar surface area (TPSA) is 110 Å². The number of ether oxygens (including phenoxy) is 3. The first-order valence-electron chi connectivity index (χ1n) is 14.3. The van der Waals surface area contributed by atoms with Crippen molar-refractivity contribution in [2.45, 2.75) is 51.7 Å². The SMILES string of the molecule is CCCCCNC(=O)Nc1ccc(Oc2ccc(NC(=O)c3ccc(OC4CCNCC4)cc3)cc2)c(COC)c1. The molecular weight excluding hydrogens is 520 g/mol. The molecule has 0 spiro atoms. The van der Waals surface area contributed by atoms with Gasteiger partial charge in [-0.25, -0.2) is 4.79 Å². The fourth-order valence-electron chi connectivity index (χ4n) is 4.50. The second-order valence-electron chi connectivity index (χ2n) is 10.0. The van der Waals surface area contributed by atoms with E-state index in [9.17, 15) is 9.59 Å². The Hall–Kier alpha value is -4.08. The molecule has 1 saturated heterocycles. The number of urea groups is 1. The van der Waals surface area contributed by atoms with Crippen molar-refractivity contribution >= 4 is 23.3 Å². The second kappa shape index (κ2) is 15.6. The molecule has 1 fully saturated rings. The molecule has 41 heavy (non-hydrogen) atoms. The first-order valence-corrected chi connectivity index (χ1v) is 14.3. The summed E-state index contributed by atoms with van der Waals surface area (Å²) in [5.41, 5.74) is 2.65. The Morgan fingerprint density at radius 2 is 1.59 bits per heavy atom. The standard InChI is InChI=1S/C32H40N4O5/c1-3-4-5-18-34-32(38)36-26-10-15-30(24(21-26)22-39-2)41-28-13-8-25(9-14-28)35-31(37)23-6-11-27(12-7-23)40-29-16-19-33-20-17-29/h6-15,21,29,33H,3-5,16-20,22H2,1-2H3,(H,35,37)(H2,34,36,38). The van der Waals surface area contributed by atoms with Crippen LogP contribution in [0.5, 0.6) is 17.2 Å². The first kappa shape index (κ1) is 29.9. The number of hydrogen-bond donors (Lipinski definition) is 4. The molecule has 3 amide bonds. The molecule has 218 valence electrons. The van der Waals surface area contributed by atoms with Crippen LogP contribution in [0.2, 0.25) is 0 Å². The summed E-state index contributed by atoms with van der Waals surface area (Å²) in [4.78, 5) is 24.9. The molecular formula is C32H40N4O5. The normalized spacial score (nSPS) is 13.3. The van der Waals surface area contributed by atoms with Crippen molar-refractivity contribution < 1.29 is 23.8 Å². The third kappa shape index (κ3) is 9.51. The Morgan fingerprint density at radius 1 is 0.878 bits per heavy atom. The number of amides is 3. The lowest BCUT2D eigenvalue weighted by atomic mass is 10.1. The van der Waals surface area contributed by atoms with E-state index in [1.165, 1.54) is 0 Å². The van der Waals surface area contributed by atoms with Gasteiger partial charge >= 0.3 is 6.03 Å². The second-order valence-corrected chi connectivity index (χ2v) is 10.0. The summed E-state index contributed by atoms with van der Waals surface area (Å²) in [7, 11) is 1.61. The number of carbonyl (C=O) groups excluding carboxylic acids is 2. The molecule has 1 aliphatic rings. The lowest BCUT2D eigenvalue weighted by molar-refractivity contribution is 0.102. The molecule has 0 aromatic heterocycles. The van der Waals surface area contributed by atoms with Gasteiger partial charge in [0.05, 0.1) is 6.61 Å². The Kier molecular flexibility index (Phi) is 11.4. The average molecular weight is 561 g/mol. The minimum absolute atomic E-state index is 0.202. The van der Waals surface area contributed by atoms with Crippen LogP contribution in [0, 0.1) is 0 Å². The van der Waals surface area contributed by atoms with Gasteiger partial charge < -0.3 is 35.5 Å². The lowest BCUT2D eigenvalue weighted by Crippen LogP contribution is -2.34. The highest BCUT2D eigenvalue weighted by atomic mass is 16.5. The van der Waals surface area contributed by atoms with Gasteiger partial charge in [-0.15, -0.1) is 0 Å². The molecule has 0 unspecified atom stereocenters. The van der Waals surface area contributed by atoms with Crippen molar-refractivity contribution in [3.8, 4) is 17.2 Å². The third-order valence-corrected chi connectivity index (χ3v) is 6.73. The Bertz CT molecular complexity index is 1260. The van der Waals surface area contributed by atoms with Gasteiger partial charge in [0, 0.05) is 36.2 Å². The number of benzene rings is 3. The average Bonchev–Trinajstić information content (AvgIpc) is 2.99. The summed E-state index contributed by atoms with van der Waals surface area (Å²) in [6.07, 6.45) is 5.32. The molecule has 9 nitrogen and oxygen atoms in total. The van der Waals surface area contributed by atoms with Crippen LogP contribution in [0.3, 0.4) is 0 Å². The van der Waals surface area contributed by atoms with Gasteiger partial charge in [-0.2, -0.15) is 0 Å². The largest absolute Gasteiger partial charge is 0.490 e. The van der Waals surface area contributed by atoms with Gasteiger partial charge in [0.25, 0.3) is 5.91 Å². The number of hydrogen-bond acceptors (Lipinski definition) is 6. The van der Waals surface area contributed by atoms with Crippen molar-refractivity contribution in [2.75, 3.05) is 37.4 Å². The molecule has 0 bridgehead atoms. The summed E-state index contributed by atoms with van der Waals surface area (Å²) < 4.78 is 17.5. The van der Waals surface area contributed by atoms with Gasteiger partial charge in [0.1, 0.15) is 23.4 Å². The van der Waals surface area contributed by atoms with Gasteiger partial charge in [-0.1, -0.05) is 19.8 Å². The van der Waals surface area contributed by atoms with Crippen LogP contribution < -0.4 is 30.7 Å². The fraction of sp³-hybridized carbons (Fsp3) is 0.375. The molecule has 4 N–H and O–H groups in total. The van der Waals surface area contributed by atoms with Crippen LogP contribution >= 0.6 is 0 Å². The quantitative estimate of drug-likeness (QED) is 0.182. The molecule has 1 heterocycles. The van der Waals surface area contributed by atoms with Crippen LogP contribution in [0.4, 0.5) is 16.2 Å². The van der Waals surface area contributed by atoms with Crippen LogP contribution in [0.15, 0.2) is 66.7 Å². The van der Waals surface area contributed by atoms with E-state index in [4.69, 9.17) is 14.2 Å². The molecule has 9 heteroatoms. The maximum atomic E-state index is 12.8. The Labute approximate surface area is 242 Å². The van der Waals surface area contributed by atoms with Crippen LogP contribution in [-0.2, 0) is 11.3 Å². The molecule has 0 atom stereocenters. The molecule has 0 aliphatic carbocycles. The number of rotatable bonds is 13. The number of methoxy groups -OCH3 is 1. The molecule has 3 aromatic carbocycles. The molecule has 0 saturated carbocycles. The van der Waals surface area contributed by atoms with Crippen molar-refractivity contribution in [3.63, 3.8) is 0 Å². The Balaban J connectivity index is 1.31. The minimum Gasteiger partial charge on any atom is -0.490 e. The maximum absolute atomic E-state index is 12.8. The highest BCUT2D eigenvalue weighted by molar-refractivity contribution is 6.04. The van der Waals surface area contributed by atoms with Gasteiger partial charge in [0.2, 0.25) is 0 Å². The van der Waals surface area contributed by atoms with E-state index < -0.39 is 0 Å². The van der Waals surface area contributed by atoms with Gasteiger partial charge in [-0.05, 0) is 99.1 Å². The zero-order chi connectivity index (χ0) is 28.9. The zero-order valence-electron chi connectivity index (χ0n) is 23.8. The number of piperidine rings is 1. The number of unbranched alkanes of at least 4 members (excludes halogenated alkanes) is 2.